The van der Waals surface area contributed by atoms with Gasteiger partial charge in [0, 0.05) is 15.4 Å². The van der Waals surface area contributed by atoms with Crippen molar-refractivity contribution in [1.29, 1.82) is 5.26 Å². The number of rotatable bonds is 5. The normalized spacial score (nSPS) is 9.96. The maximum Gasteiger partial charge on any atom is 0.341 e. The van der Waals surface area contributed by atoms with Gasteiger partial charge in [0.2, 0.25) is 5.91 Å². The van der Waals surface area contributed by atoms with E-state index >= 15 is 0 Å². The smallest absolute Gasteiger partial charge is 0.341 e. The minimum Gasteiger partial charge on any atom is -0.462 e. The number of carbonyl (C=O) groups is 2. The Bertz CT molecular complexity index is 763. The first-order valence-electron chi connectivity index (χ1n) is 6.78. The number of benzene rings is 1. The Kier molecular flexibility index (Phi) is 5.90. The highest BCUT2D eigenvalue weighted by atomic mass is 79.9. The maximum atomic E-state index is 12.3. The second-order valence-corrected chi connectivity index (χ2v) is 6.26. The Labute approximate surface area is 146 Å². The summed E-state index contributed by atoms with van der Waals surface area (Å²) in [7, 11) is 0. The monoisotopic (exact) mass is 392 g/mol. The number of hydrogen-bond acceptors (Lipinski definition) is 5. The number of hydrogen-bond donors (Lipinski definition) is 1. The topological polar surface area (TPSA) is 79.2 Å². The Morgan fingerprint density at radius 2 is 2.04 bits per heavy atom. The fourth-order valence-corrected chi connectivity index (χ4v) is 3.18. The lowest BCUT2D eigenvalue weighted by atomic mass is 10.0. The molecule has 0 unspecified atom stereocenters. The van der Waals surface area contributed by atoms with Crippen LogP contribution < -0.4 is 5.32 Å². The van der Waals surface area contributed by atoms with Gasteiger partial charge in [-0.25, -0.2) is 4.79 Å². The Morgan fingerprint density at radius 3 is 2.65 bits per heavy atom. The summed E-state index contributed by atoms with van der Waals surface area (Å²) in [5.41, 5.74) is 1.84. The molecule has 5 nitrogen and oxygen atoms in total. The van der Waals surface area contributed by atoms with Gasteiger partial charge in [-0.05, 0) is 24.6 Å². The van der Waals surface area contributed by atoms with Gasteiger partial charge in [0.25, 0.3) is 0 Å². The van der Waals surface area contributed by atoms with Gasteiger partial charge < -0.3 is 10.1 Å². The molecule has 0 aliphatic rings. The van der Waals surface area contributed by atoms with Gasteiger partial charge in [0.1, 0.15) is 17.0 Å². The first-order chi connectivity index (χ1) is 11.1. The van der Waals surface area contributed by atoms with Crippen LogP contribution in [-0.4, -0.2) is 18.5 Å². The van der Waals surface area contributed by atoms with Crippen LogP contribution in [0.4, 0.5) is 5.00 Å². The van der Waals surface area contributed by atoms with Crippen molar-refractivity contribution in [3.63, 3.8) is 0 Å². The van der Waals surface area contributed by atoms with E-state index < -0.39 is 11.9 Å². The summed E-state index contributed by atoms with van der Waals surface area (Å²) in [6.07, 6.45) is -0.270. The van der Waals surface area contributed by atoms with Crippen LogP contribution in [0.25, 0.3) is 11.1 Å². The molecule has 0 spiro atoms. The zero-order chi connectivity index (χ0) is 16.8. The van der Waals surface area contributed by atoms with E-state index in [0.717, 1.165) is 10.0 Å². The van der Waals surface area contributed by atoms with Crippen LogP contribution in [0.15, 0.2) is 34.1 Å². The van der Waals surface area contributed by atoms with E-state index in [1.54, 1.807) is 18.4 Å². The second-order valence-electron chi connectivity index (χ2n) is 4.46. The van der Waals surface area contributed by atoms with Crippen LogP contribution in [0.5, 0.6) is 0 Å². The van der Waals surface area contributed by atoms with Gasteiger partial charge >= 0.3 is 5.97 Å². The third kappa shape index (κ3) is 4.18. The molecular formula is C16H13BrN2O3S. The lowest BCUT2D eigenvalue weighted by Gasteiger charge is -2.08. The number of amides is 1. The summed E-state index contributed by atoms with van der Waals surface area (Å²) in [5, 5.41) is 13.4. The fourth-order valence-electron chi connectivity index (χ4n) is 1.94. The molecule has 0 radical (unpaired) electrons. The Hall–Kier alpha value is -2.17. The highest BCUT2D eigenvalue weighted by molar-refractivity contribution is 9.10. The highest BCUT2D eigenvalue weighted by Crippen LogP contribution is 2.36. The maximum absolute atomic E-state index is 12.3. The molecular weight excluding hydrogens is 380 g/mol. The van der Waals surface area contributed by atoms with Crippen molar-refractivity contribution < 1.29 is 14.3 Å². The third-order valence-corrected chi connectivity index (χ3v) is 4.34. The molecule has 0 aliphatic carbocycles. The number of esters is 1. The largest absolute Gasteiger partial charge is 0.462 e. The molecule has 1 heterocycles. The van der Waals surface area contributed by atoms with Crippen LogP contribution in [0.1, 0.15) is 23.7 Å². The molecule has 23 heavy (non-hydrogen) atoms. The first kappa shape index (κ1) is 17.2. The van der Waals surface area contributed by atoms with Gasteiger partial charge in [-0.1, -0.05) is 28.1 Å². The van der Waals surface area contributed by atoms with Crippen LogP contribution in [0.3, 0.4) is 0 Å². The molecule has 1 aromatic heterocycles. The highest BCUT2D eigenvalue weighted by Gasteiger charge is 2.22. The summed E-state index contributed by atoms with van der Waals surface area (Å²) >= 11 is 4.60. The van der Waals surface area contributed by atoms with Crippen molar-refractivity contribution >= 4 is 44.1 Å². The van der Waals surface area contributed by atoms with E-state index in [1.165, 1.54) is 11.3 Å². The quantitative estimate of drug-likeness (QED) is 0.772. The predicted octanol–water partition coefficient (Wildman–Crippen LogP) is 4.21. The molecule has 2 aromatic rings. The minimum absolute atomic E-state index is 0.236. The zero-order valence-corrected chi connectivity index (χ0v) is 14.7. The number of nitrogens with zero attached hydrogens (tertiary/aromatic N) is 1. The zero-order valence-electron chi connectivity index (χ0n) is 12.3. The molecule has 1 amide bonds. The van der Waals surface area contributed by atoms with Crippen molar-refractivity contribution in [3.05, 3.63) is 39.7 Å². The first-order valence-corrected chi connectivity index (χ1v) is 8.45. The van der Waals surface area contributed by atoms with Gasteiger partial charge in [0.15, 0.2) is 0 Å². The molecule has 1 aromatic carbocycles. The Balaban J connectivity index is 2.44. The lowest BCUT2D eigenvalue weighted by Crippen LogP contribution is -2.13. The third-order valence-electron chi connectivity index (χ3n) is 2.92. The van der Waals surface area contributed by atoms with Crippen LogP contribution >= 0.6 is 27.3 Å². The number of nitrogens with one attached hydrogen (secondary N) is 1. The lowest BCUT2D eigenvalue weighted by molar-refractivity contribution is -0.115. The number of ether oxygens (including phenoxy) is 1. The van der Waals surface area contributed by atoms with Crippen LogP contribution in [-0.2, 0) is 9.53 Å². The number of halogens is 1. The molecule has 0 aliphatic heterocycles. The molecule has 0 bridgehead atoms. The molecule has 0 atom stereocenters. The van der Waals surface area contributed by atoms with E-state index in [4.69, 9.17) is 10.00 Å². The number of anilines is 1. The van der Waals surface area contributed by atoms with Crippen LogP contribution in [0, 0.1) is 11.3 Å². The number of nitriles is 1. The summed E-state index contributed by atoms with van der Waals surface area (Å²) in [6.45, 7) is 1.96. The average Bonchev–Trinajstić information content (AvgIpc) is 2.92. The van der Waals surface area contributed by atoms with Crippen molar-refractivity contribution in [1.82, 2.24) is 0 Å². The SMILES string of the molecule is CCOC(=O)c1c(-c2ccc(Br)cc2)csc1NC(=O)CC#N. The summed E-state index contributed by atoms with van der Waals surface area (Å²) in [6, 6.07) is 9.26. The van der Waals surface area contributed by atoms with E-state index in [1.807, 2.05) is 24.3 Å². The van der Waals surface area contributed by atoms with Crippen molar-refractivity contribution in [2.45, 2.75) is 13.3 Å². The van der Waals surface area contributed by atoms with Crippen molar-refractivity contribution in [2.75, 3.05) is 11.9 Å². The van der Waals surface area contributed by atoms with E-state index in [0.29, 0.717) is 16.1 Å². The molecule has 2 rings (SSSR count). The fraction of sp³-hybridized carbons (Fsp3) is 0.188. The summed E-state index contributed by atoms with van der Waals surface area (Å²) < 4.78 is 6.02. The summed E-state index contributed by atoms with van der Waals surface area (Å²) in [4.78, 5) is 23.9. The molecule has 118 valence electrons. The van der Waals surface area contributed by atoms with Gasteiger partial charge in [-0.3, -0.25) is 4.79 Å². The van der Waals surface area contributed by atoms with Crippen molar-refractivity contribution in [2.24, 2.45) is 0 Å². The molecule has 1 N–H and O–H groups in total. The molecule has 7 heteroatoms. The molecule has 0 fully saturated rings. The molecule has 0 saturated heterocycles. The Morgan fingerprint density at radius 1 is 1.35 bits per heavy atom. The van der Waals surface area contributed by atoms with E-state index in [9.17, 15) is 9.59 Å². The van der Waals surface area contributed by atoms with Gasteiger partial charge in [-0.15, -0.1) is 11.3 Å². The average molecular weight is 393 g/mol. The minimum atomic E-state index is -0.501. The van der Waals surface area contributed by atoms with E-state index in [-0.39, 0.29) is 13.0 Å². The van der Waals surface area contributed by atoms with Gasteiger partial charge in [-0.2, -0.15) is 5.26 Å². The second kappa shape index (κ2) is 7.90. The number of thiophene rings is 1. The van der Waals surface area contributed by atoms with Gasteiger partial charge in [0.05, 0.1) is 12.7 Å². The molecule has 0 saturated carbocycles. The predicted molar refractivity (Wildman–Crippen MR) is 92.3 cm³/mol. The standard InChI is InChI=1S/C16H13BrN2O3S/c1-2-22-16(21)14-12(10-3-5-11(17)6-4-10)9-23-15(14)19-13(20)7-8-18/h3-6,9H,2,7H2,1H3,(H,19,20). The number of carbonyl (C=O) groups excluding carboxylic acids is 2. The van der Waals surface area contributed by atoms with Crippen molar-refractivity contribution in [3.8, 4) is 17.2 Å². The van der Waals surface area contributed by atoms with E-state index in [2.05, 4.69) is 21.2 Å². The van der Waals surface area contributed by atoms with Crippen LogP contribution in [0.2, 0.25) is 0 Å². The summed E-state index contributed by atoms with van der Waals surface area (Å²) in [5.74, 6) is -0.957.